The largest absolute Gasteiger partial charge is 0.350 e. The minimum atomic E-state index is -0.727. The molecule has 1 unspecified atom stereocenters. The molecule has 162 valence electrons. The molecular weight excluding hydrogens is 424 g/mol. The first-order chi connectivity index (χ1) is 13.3. The van der Waals surface area contributed by atoms with Crippen molar-refractivity contribution < 1.29 is 24.0 Å². The fourth-order valence-corrected chi connectivity index (χ4v) is 6.46. The Morgan fingerprint density at radius 2 is 1.71 bits per heavy atom. The molecule has 0 amide bonds. The van der Waals surface area contributed by atoms with Crippen LogP contribution < -0.4 is 0 Å². The highest BCUT2D eigenvalue weighted by Gasteiger charge is 2.71. The van der Waals surface area contributed by atoms with Crippen LogP contribution in [-0.4, -0.2) is 35.4 Å². The molecule has 0 radical (unpaired) electrons. The summed E-state index contributed by atoms with van der Waals surface area (Å²) in [5.41, 5.74) is -0.508. The molecule has 5 aliphatic rings. The predicted molar refractivity (Wildman–Crippen MR) is 110 cm³/mol. The Balaban J connectivity index is 1.52. The molecule has 8 atom stereocenters. The van der Waals surface area contributed by atoms with Crippen molar-refractivity contribution in [2.45, 2.75) is 103 Å². The number of hydrogen-bond acceptors (Lipinski definition) is 5. The van der Waals surface area contributed by atoms with E-state index in [9.17, 15) is 0 Å². The van der Waals surface area contributed by atoms with E-state index in [2.05, 4.69) is 36.7 Å². The lowest BCUT2D eigenvalue weighted by Gasteiger charge is -2.62. The number of hydrogen-bond donors (Lipinski definition) is 0. The van der Waals surface area contributed by atoms with Gasteiger partial charge in [0.15, 0.2) is 17.7 Å². The third-order valence-corrected chi connectivity index (χ3v) is 8.52. The Morgan fingerprint density at radius 1 is 0.929 bits per heavy atom. The van der Waals surface area contributed by atoms with E-state index in [0.717, 1.165) is 37.6 Å². The average Bonchev–Trinajstić information content (AvgIpc) is 2.89. The first-order valence-corrected chi connectivity index (χ1v) is 12.4. The Morgan fingerprint density at radius 3 is 2.50 bits per heavy atom. The maximum absolute atomic E-state index is 6.62. The number of unbranched alkanes of at least 4 members (excludes halogenated alkanes) is 3. The van der Waals surface area contributed by atoms with Gasteiger partial charge in [0.25, 0.3) is 0 Å². The summed E-state index contributed by atoms with van der Waals surface area (Å²) in [4.78, 5) is 12.1. The molecule has 1 spiro atoms. The first-order valence-electron chi connectivity index (χ1n) is 11.3. The number of fused-ring (bicyclic) bond motifs is 2. The third kappa shape index (κ3) is 3.50. The summed E-state index contributed by atoms with van der Waals surface area (Å²) < 4.78 is 19.4. The van der Waals surface area contributed by atoms with Crippen LogP contribution in [0.1, 0.15) is 79.1 Å². The molecule has 5 rings (SSSR count). The van der Waals surface area contributed by atoms with Crippen molar-refractivity contribution in [3.63, 3.8) is 0 Å². The summed E-state index contributed by atoms with van der Waals surface area (Å²) in [7, 11) is 0. The lowest BCUT2D eigenvalue weighted by molar-refractivity contribution is -0.585. The minimum absolute atomic E-state index is 0.218. The molecule has 28 heavy (non-hydrogen) atoms. The smallest absolute Gasteiger partial charge is 0.201 e. The average molecular weight is 461 g/mol. The fourth-order valence-electron chi connectivity index (χ4n) is 6.06. The van der Waals surface area contributed by atoms with Crippen molar-refractivity contribution in [2.75, 3.05) is 11.9 Å². The van der Waals surface area contributed by atoms with E-state index in [1.807, 2.05) is 6.92 Å². The van der Waals surface area contributed by atoms with Gasteiger partial charge in [0, 0.05) is 23.6 Å². The molecule has 0 aromatic heterocycles. The Kier molecular flexibility index (Phi) is 6.21. The summed E-state index contributed by atoms with van der Waals surface area (Å²) in [6, 6.07) is 0. The van der Waals surface area contributed by atoms with E-state index in [0.29, 0.717) is 17.8 Å². The van der Waals surface area contributed by atoms with E-state index >= 15 is 0 Å². The predicted octanol–water partition coefficient (Wildman–Crippen LogP) is 5.56. The Labute approximate surface area is 178 Å². The molecule has 5 nitrogen and oxygen atoms in total. The summed E-state index contributed by atoms with van der Waals surface area (Å²) in [5.74, 6) is 0.142. The maximum Gasteiger partial charge on any atom is 0.201 e. The molecule has 4 saturated heterocycles. The standard InChI is InChI=1S/C22H37BrO5/c1-15-9-10-18-16(2)21(4,24-14-8-6-5-7-13-23)26-19-22(18)17(15)11-12-20(3,25-19)27-28-22/h15-19H,5-14H2,1-4H3/t15-,16-,17?,18+,19+,20+,21+,22-/m1/s1. The van der Waals surface area contributed by atoms with Crippen molar-refractivity contribution in [1.29, 1.82) is 0 Å². The molecule has 0 aromatic rings. The Bertz CT molecular complexity index is 561. The molecule has 0 N–H and O–H groups in total. The van der Waals surface area contributed by atoms with E-state index in [4.69, 9.17) is 24.0 Å². The van der Waals surface area contributed by atoms with Crippen molar-refractivity contribution in [2.24, 2.45) is 23.7 Å². The van der Waals surface area contributed by atoms with Crippen LogP contribution >= 0.6 is 15.9 Å². The first kappa shape index (κ1) is 21.5. The van der Waals surface area contributed by atoms with Gasteiger partial charge in [0.05, 0.1) is 6.61 Å². The zero-order valence-electron chi connectivity index (χ0n) is 17.9. The quantitative estimate of drug-likeness (QED) is 0.282. The van der Waals surface area contributed by atoms with Crippen molar-refractivity contribution in [3.8, 4) is 0 Å². The lowest BCUT2D eigenvalue weighted by Crippen LogP contribution is -2.72. The fraction of sp³-hybridized carbons (Fsp3) is 1.00. The van der Waals surface area contributed by atoms with Crippen molar-refractivity contribution >= 4 is 15.9 Å². The van der Waals surface area contributed by atoms with Crippen LogP contribution in [0.5, 0.6) is 0 Å². The molecule has 2 bridgehead atoms. The van der Waals surface area contributed by atoms with Crippen LogP contribution in [-0.2, 0) is 24.0 Å². The van der Waals surface area contributed by atoms with E-state index < -0.39 is 23.5 Å². The molecule has 5 fully saturated rings. The van der Waals surface area contributed by atoms with Crippen LogP contribution in [0.2, 0.25) is 0 Å². The van der Waals surface area contributed by atoms with Gasteiger partial charge in [-0.1, -0.05) is 42.6 Å². The van der Waals surface area contributed by atoms with Crippen molar-refractivity contribution in [3.05, 3.63) is 0 Å². The summed E-state index contributed by atoms with van der Waals surface area (Å²) in [6.07, 6.45) is 8.52. The molecule has 1 saturated carbocycles. The minimum Gasteiger partial charge on any atom is -0.350 e. The van der Waals surface area contributed by atoms with Crippen LogP contribution in [0.4, 0.5) is 0 Å². The third-order valence-electron chi connectivity index (χ3n) is 7.96. The van der Waals surface area contributed by atoms with Crippen LogP contribution in [0, 0.1) is 23.7 Å². The summed E-state index contributed by atoms with van der Waals surface area (Å²) in [5, 5.41) is 1.08. The van der Waals surface area contributed by atoms with E-state index in [1.54, 1.807) is 0 Å². The highest BCUT2D eigenvalue weighted by Crippen LogP contribution is 2.62. The summed E-state index contributed by atoms with van der Waals surface area (Å²) in [6.45, 7) is 9.40. The molecular formula is C22H37BrO5. The van der Waals surface area contributed by atoms with Gasteiger partial charge in [-0.2, -0.15) is 0 Å². The van der Waals surface area contributed by atoms with E-state index in [1.165, 1.54) is 25.7 Å². The van der Waals surface area contributed by atoms with Gasteiger partial charge in [0.2, 0.25) is 5.79 Å². The van der Waals surface area contributed by atoms with Gasteiger partial charge in [-0.15, -0.1) is 0 Å². The van der Waals surface area contributed by atoms with Crippen LogP contribution in [0.25, 0.3) is 0 Å². The molecule has 6 heteroatoms. The Hall–Kier alpha value is 0.280. The number of halogens is 1. The molecule has 0 aromatic carbocycles. The zero-order valence-corrected chi connectivity index (χ0v) is 19.5. The SMILES string of the molecule is C[C@@H]1CC[C@H]2[C@@H](C)[C@@](C)(OCCCCCCBr)O[C@@H]3O[C@]4(C)CCC1[C@]32OO4. The monoisotopic (exact) mass is 460 g/mol. The second-order valence-electron chi connectivity index (χ2n) is 9.78. The van der Waals surface area contributed by atoms with Gasteiger partial charge in [-0.05, 0) is 57.8 Å². The highest BCUT2D eigenvalue weighted by atomic mass is 79.9. The van der Waals surface area contributed by atoms with E-state index in [-0.39, 0.29) is 5.92 Å². The number of ether oxygens (including phenoxy) is 3. The van der Waals surface area contributed by atoms with Crippen LogP contribution in [0.3, 0.4) is 0 Å². The van der Waals surface area contributed by atoms with Gasteiger partial charge < -0.3 is 14.2 Å². The normalized spacial score (nSPS) is 50.2. The van der Waals surface area contributed by atoms with Gasteiger partial charge in [-0.3, -0.25) is 0 Å². The number of rotatable bonds is 7. The topological polar surface area (TPSA) is 46.2 Å². The second-order valence-corrected chi connectivity index (χ2v) is 10.6. The van der Waals surface area contributed by atoms with Crippen LogP contribution in [0.15, 0.2) is 0 Å². The molecule has 1 aliphatic carbocycles. The van der Waals surface area contributed by atoms with Crippen molar-refractivity contribution in [1.82, 2.24) is 0 Å². The maximum atomic E-state index is 6.62. The van der Waals surface area contributed by atoms with Gasteiger partial charge in [0.1, 0.15) is 0 Å². The van der Waals surface area contributed by atoms with Gasteiger partial charge >= 0.3 is 0 Å². The second kappa shape index (κ2) is 8.08. The lowest BCUT2D eigenvalue weighted by atomic mass is 9.57. The highest BCUT2D eigenvalue weighted by molar-refractivity contribution is 9.09. The molecule has 4 heterocycles. The van der Waals surface area contributed by atoms with Gasteiger partial charge in [-0.25, -0.2) is 9.78 Å². The summed E-state index contributed by atoms with van der Waals surface area (Å²) >= 11 is 3.50. The number of alkyl halides is 1. The molecule has 4 aliphatic heterocycles. The zero-order chi connectivity index (χ0) is 20.0.